The van der Waals surface area contributed by atoms with Crippen LogP contribution in [0.5, 0.6) is 11.5 Å². The van der Waals surface area contributed by atoms with Gasteiger partial charge >= 0.3 is 0 Å². The first-order valence-corrected chi connectivity index (χ1v) is 7.34. The summed E-state index contributed by atoms with van der Waals surface area (Å²) in [5.74, 6) is 0.774. The van der Waals surface area contributed by atoms with E-state index in [1.165, 1.54) is 15.1 Å². The van der Waals surface area contributed by atoms with Crippen molar-refractivity contribution >= 4 is 34.3 Å². The summed E-state index contributed by atoms with van der Waals surface area (Å²) in [4.78, 5) is 18.4. The molecule has 1 amide bonds. The number of phenolic OH excluding ortho intramolecular Hbond substituents is 1. The van der Waals surface area contributed by atoms with E-state index in [9.17, 15) is 5.11 Å². The second-order valence-corrected chi connectivity index (χ2v) is 5.30. The van der Waals surface area contributed by atoms with Crippen LogP contribution in [0.25, 0.3) is 10.1 Å². The number of hydrogen-bond donors (Lipinski definition) is 3. The Morgan fingerprint density at radius 1 is 1.36 bits per heavy atom. The Hall–Kier alpha value is -2.28. The number of methoxy groups -OCH3 is 1. The van der Waals surface area contributed by atoms with Crippen molar-refractivity contribution < 1.29 is 24.5 Å². The molecule has 0 aliphatic heterocycles. The molecule has 0 saturated carbocycles. The van der Waals surface area contributed by atoms with E-state index < -0.39 is 0 Å². The van der Waals surface area contributed by atoms with Crippen molar-refractivity contribution in [3.63, 3.8) is 0 Å². The van der Waals surface area contributed by atoms with Crippen LogP contribution in [0, 0.1) is 6.92 Å². The quantitative estimate of drug-likeness (QED) is 0.751. The van der Waals surface area contributed by atoms with Gasteiger partial charge in [-0.3, -0.25) is 9.59 Å². The molecule has 1 heterocycles. The van der Waals surface area contributed by atoms with Gasteiger partial charge in [-0.2, -0.15) is 0 Å². The molecule has 6 nitrogen and oxygen atoms in total. The molecule has 0 aliphatic rings. The van der Waals surface area contributed by atoms with Gasteiger partial charge in [-0.1, -0.05) is 13.3 Å². The summed E-state index contributed by atoms with van der Waals surface area (Å²) >= 11 is 1.80. The lowest BCUT2D eigenvalue weighted by atomic mass is 10.1. The van der Waals surface area contributed by atoms with Crippen molar-refractivity contribution in [3.05, 3.63) is 22.6 Å². The molecule has 2 aromatic rings. The van der Waals surface area contributed by atoms with Crippen molar-refractivity contribution in [3.8, 4) is 11.5 Å². The first-order valence-electron chi connectivity index (χ1n) is 6.52. The van der Waals surface area contributed by atoms with E-state index in [4.69, 9.17) is 19.4 Å². The van der Waals surface area contributed by atoms with Gasteiger partial charge in [0.2, 0.25) is 6.41 Å². The zero-order valence-corrected chi connectivity index (χ0v) is 13.6. The van der Waals surface area contributed by atoms with Crippen LogP contribution in [0.4, 0.5) is 0 Å². The Morgan fingerprint density at radius 2 is 1.91 bits per heavy atom. The summed E-state index contributed by atoms with van der Waals surface area (Å²) in [7, 11) is 1.58. The fraction of sp³-hybridized carbons (Fsp3) is 0.333. The molecule has 0 radical (unpaired) electrons. The van der Waals surface area contributed by atoms with Crippen LogP contribution in [0.1, 0.15) is 23.8 Å². The zero-order chi connectivity index (χ0) is 17.1. The van der Waals surface area contributed by atoms with Crippen LogP contribution in [0.2, 0.25) is 0 Å². The monoisotopic (exact) mass is 327 g/mol. The zero-order valence-electron chi connectivity index (χ0n) is 12.8. The van der Waals surface area contributed by atoms with Gasteiger partial charge in [0, 0.05) is 15.6 Å². The number of fused-ring (bicyclic) bond motifs is 1. The van der Waals surface area contributed by atoms with Gasteiger partial charge < -0.3 is 20.7 Å². The number of carbonyl (C=O) groups excluding carboxylic acids is 1. The minimum absolute atomic E-state index is 0.221. The van der Waals surface area contributed by atoms with Gasteiger partial charge in [0.1, 0.15) is 0 Å². The number of amides is 1. The number of nitrogens with two attached hydrogens (primary N) is 1. The Labute approximate surface area is 133 Å². The van der Waals surface area contributed by atoms with Gasteiger partial charge in [0.25, 0.3) is 6.47 Å². The molecule has 0 aliphatic carbocycles. The molecule has 0 unspecified atom stereocenters. The standard InChI is InChI=1S/C13H16O2S.CH3NO.CH2O2/c1-4-5-12-8(2)9-6-10(14)11(15-3)7-13(9)16-12;2*2-1-3/h6-7,14H,4-5H2,1-3H3;1H,(H2,2,3);1H,(H,2,3). The number of thiophene rings is 1. The Balaban J connectivity index is 0.000000639. The summed E-state index contributed by atoms with van der Waals surface area (Å²) in [5, 5.41) is 17.8. The van der Waals surface area contributed by atoms with E-state index in [0.717, 1.165) is 18.2 Å². The highest BCUT2D eigenvalue weighted by molar-refractivity contribution is 7.19. The van der Waals surface area contributed by atoms with Crippen molar-refractivity contribution in [2.24, 2.45) is 5.73 Å². The molecule has 22 heavy (non-hydrogen) atoms. The van der Waals surface area contributed by atoms with Crippen LogP contribution >= 0.6 is 11.3 Å². The van der Waals surface area contributed by atoms with Crippen LogP contribution in [-0.4, -0.2) is 30.2 Å². The first kappa shape index (κ1) is 19.7. The fourth-order valence-corrected chi connectivity index (χ4v) is 3.24. The highest BCUT2D eigenvalue weighted by Gasteiger charge is 2.11. The average molecular weight is 327 g/mol. The molecular formula is C15H21NO5S. The Kier molecular flexibility index (Phi) is 9.36. The predicted octanol–water partition coefficient (Wildman–Crippen LogP) is 2.68. The smallest absolute Gasteiger partial charge is 0.290 e. The molecule has 0 fully saturated rings. The average Bonchev–Trinajstić information content (AvgIpc) is 2.77. The number of carboxylic acid groups (broad SMARTS) is 1. The number of carbonyl (C=O) groups is 2. The summed E-state index contributed by atoms with van der Waals surface area (Å²) in [6.45, 7) is 4.05. The number of benzene rings is 1. The molecule has 4 N–H and O–H groups in total. The maximum absolute atomic E-state index is 9.75. The number of phenols is 1. The Bertz CT molecular complexity index is 603. The third-order valence-electron chi connectivity index (χ3n) is 2.81. The summed E-state index contributed by atoms with van der Waals surface area (Å²) in [6.07, 6.45) is 2.50. The molecule has 0 saturated heterocycles. The molecule has 0 atom stereocenters. The van der Waals surface area contributed by atoms with Crippen LogP contribution in [0.3, 0.4) is 0 Å². The minimum Gasteiger partial charge on any atom is -0.504 e. The third-order valence-corrected chi connectivity index (χ3v) is 4.13. The van der Waals surface area contributed by atoms with Crippen molar-refractivity contribution in [1.82, 2.24) is 0 Å². The van der Waals surface area contributed by atoms with Gasteiger partial charge in [0.15, 0.2) is 11.5 Å². The lowest BCUT2D eigenvalue weighted by molar-refractivity contribution is -0.122. The Morgan fingerprint density at radius 3 is 2.36 bits per heavy atom. The van der Waals surface area contributed by atoms with Gasteiger partial charge in [-0.15, -0.1) is 11.3 Å². The fourth-order valence-electron chi connectivity index (χ4n) is 1.92. The van der Waals surface area contributed by atoms with E-state index in [-0.39, 0.29) is 18.6 Å². The van der Waals surface area contributed by atoms with E-state index >= 15 is 0 Å². The number of ether oxygens (including phenoxy) is 1. The minimum atomic E-state index is -0.250. The number of rotatable bonds is 3. The number of hydrogen-bond acceptors (Lipinski definition) is 5. The second kappa shape index (κ2) is 10.4. The van der Waals surface area contributed by atoms with Crippen LogP contribution in [0.15, 0.2) is 12.1 Å². The number of aryl methyl sites for hydroxylation is 2. The van der Waals surface area contributed by atoms with E-state index in [1.807, 2.05) is 6.07 Å². The number of primary amides is 1. The largest absolute Gasteiger partial charge is 0.504 e. The topological polar surface area (TPSA) is 110 Å². The maximum atomic E-state index is 9.75. The molecule has 2 rings (SSSR count). The van der Waals surface area contributed by atoms with Gasteiger partial charge in [-0.25, -0.2) is 0 Å². The normalized spacial score (nSPS) is 9.05. The molecule has 1 aromatic heterocycles. The van der Waals surface area contributed by atoms with Crippen LogP contribution < -0.4 is 10.5 Å². The van der Waals surface area contributed by atoms with Crippen molar-refractivity contribution in [1.29, 1.82) is 0 Å². The van der Waals surface area contributed by atoms with Crippen molar-refractivity contribution in [2.75, 3.05) is 7.11 Å². The lowest BCUT2D eigenvalue weighted by Crippen LogP contribution is -1.83. The summed E-state index contributed by atoms with van der Waals surface area (Å²) in [5.41, 5.74) is 5.46. The SMILES string of the molecule is CCCc1sc2cc(OC)c(O)cc2c1C.NC=O.O=CO. The first-order chi connectivity index (χ1) is 10.5. The van der Waals surface area contributed by atoms with Crippen LogP contribution in [-0.2, 0) is 16.0 Å². The number of aromatic hydroxyl groups is 1. The maximum Gasteiger partial charge on any atom is 0.290 e. The van der Waals surface area contributed by atoms with E-state index in [1.54, 1.807) is 24.5 Å². The summed E-state index contributed by atoms with van der Waals surface area (Å²) in [6, 6.07) is 3.72. The molecule has 0 bridgehead atoms. The van der Waals surface area contributed by atoms with Gasteiger partial charge in [0.05, 0.1) is 7.11 Å². The van der Waals surface area contributed by atoms with E-state index in [0.29, 0.717) is 5.75 Å². The lowest BCUT2D eigenvalue weighted by Gasteiger charge is -2.02. The highest BCUT2D eigenvalue weighted by atomic mass is 32.1. The molecule has 7 heteroatoms. The predicted molar refractivity (Wildman–Crippen MR) is 87.7 cm³/mol. The van der Waals surface area contributed by atoms with E-state index in [2.05, 4.69) is 19.6 Å². The third kappa shape index (κ3) is 5.25. The highest BCUT2D eigenvalue weighted by Crippen LogP contribution is 2.38. The summed E-state index contributed by atoms with van der Waals surface area (Å²) < 4.78 is 6.31. The van der Waals surface area contributed by atoms with Crippen molar-refractivity contribution in [2.45, 2.75) is 26.7 Å². The molecular weight excluding hydrogens is 306 g/mol. The molecule has 0 spiro atoms. The molecule has 122 valence electrons. The second-order valence-electron chi connectivity index (χ2n) is 4.16. The molecule has 1 aromatic carbocycles. The van der Waals surface area contributed by atoms with Gasteiger partial charge in [-0.05, 0) is 30.4 Å².